The summed E-state index contributed by atoms with van der Waals surface area (Å²) in [5.41, 5.74) is 1.22. The van der Waals surface area contributed by atoms with Gasteiger partial charge in [-0.3, -0.25) is 14.9 Å². The number of carbonyl (C=O) groups is 2. The number of hydrogen-bond acceptors (Lipinski definition) is 3. The molecule has 0 spiro atoms. The topological polar surface area (TPSA) is 49.4 Å². The monoisotopic (exact) mass is 817 g/mol. The molecule has 4 atom stereocenters. The lowest BCUT2D eigenvalue weighted by molar-refractivity contribution is -0.185. The Morgan fingerprint density at radius 2 is 1.30 bits per heavy atom. The minimum Gasteiger partial charge on any atom is -0.323 e. The van der Waals surface area contributed by atoms with Crippen molar-refractivity contribution in [3.63, 3.8) is 0 Å². The van der Waals surface area contributed by atoms with Crippen LogP contribution in [0.1, 0.15) is 64.1 Å². The highest BCUT2D eigenvalue weighted by molar-refractivity contribution is 9.19. The molecule has 2 aliphatic heterocycles. The number of halogens is 11. The number of carbonyl (C=O) groups excluding carboxylic acids is 2. The van der Waals surface area contributed by atoms with Gasteiger partial charge in [-0.05, 0) is 77.0 Å². The lowest BCUT2D eigenvalue weighted by Gasteiger charge is -2.31. The van der Waals surface area contributed by atoms with Crippen LogP contribution in [0.15, 0.2) is 48.5 Å². The van der Waals surface area contributed by atoms with Crippen molar-refractivity contribution in [1.82, 2.24) is 10.2 Å². The molecule has 0 aliphatic carbocycles. The Morgan fingerprint density at radius 1 is 0.837 bits per heavy atom. The molecule has 0 aromatic heterocycles. The van der Waals surface area contributed by atoms with Crippen LogP contribution in [0.4, 0.5) is 35.1 Å². The van der Waals surface area contributed by atoms with Gasteiger partial charge in [0.1, 0.15) is 23.7 Å². The summed E-state index contributed by atoms with van der Waals surface area (Å²) in [6.45, 7) is 2.29. The van der Waals surface area contributed by atoms with Crippen molar-refractivity contribution >= 4 is 58.4 Å². The lowest BCUT2D eigenvalue weighted by atomic mass is 10.0. The molecule has 2 saturated heterocycles. The van der Waals surface area contributed by atoms with E-state index >= 15 is 0 Å². The zero-order valence-corrected chi connectivity index (χ0v) is 27.6. The first-order chi connectivity index (χ1) is 20.5. The summed E-state index contributed by atoms with van der Waals surface area (Å²) in [7, 11) is 0. The van der Waals surface area contributed by atoms with E-state index in [4.69, 9.17) is 1.37 Å². The molecule has 1 N–H and O–H groups in total. The van der Waals surface area contributed by atoms with E-state index in [0.717, 1.165) is 4.90 Å². The quantitative estimate of drug-likeness (QED) is 0.190. The molecule has 15 heteroatoms. The Kier molecular flexibility index (Phi) is 16.1. The van der Waals surface area contributed by atoms with Gasteiger partial charge in [0, 0.05) is 7.41 Å². The van der Waals surface area contributed by atoms with E-state index in [2.05, 4.69) is 53.1 Å². The van der Waals surface area contributed by atoms with Gasteiger partial charge in [-0.1, -0.05) is 69.9 Å². The summed E-state index contributed by atoms with van der Waals surface area (Å²) in [6.07, 6.45) is -8.07. The molecule has 2 heterocycles. The zero-order chi connectivity index (χ0) is 33.7. The largest absolute Gasteiger partial charge is 0.408 e. The summed E-state index contributed by atoms with van der Waals surface area (Å²) in [5.74, 6) is -1.45. The number of alkyl halides is 8. The Bertz CT molecular complexity index is 1160. The molecule has 2 aliphatic rings. The highest BCUT2D eigenvalue weighted by Gasteiger charge is 2.51. The Hall–Kier alpha value is -1.58. The number of benzene rings is 2. The van der Waals surface area contributed by atoms with Crippen molar-refractivity contribution in [2.75, 3.05) is 10.7 Å². The fraction of sp³-hybridized carbons (Fsp3) is 0.500. The fourth-order valence-corrected chi connectivity index (χ4v) is 4.81. The van der Waals surface area contributed by atoms with Crippen molar-refractivity contribution < 1.29 is 46.1 Å². The summed E-state index contributed by atoms with van der Waals surface area (Å²) < 4.78 is 108. The van der Waals surface area contributed by atoms with Crippen molar-refractivity contribution in [3.05, 3.63) is 71.3 Å². The van der Waals surface area contributed by atoms with Crippen LogP contribution in [-0.4, -0.2) is 50.6 Å². The third-order valence-electron chi connectivity index (χ3n) is 6.34. The number of hydrogen-bond donors (Lipinski definition) is 1. The van der Waals surface area contributed by atoms with Gasteiger partial charge in [0.25, 0.3) is 0 Å². The van der Waals surface area contributed by atoms with E-state index in [9.17, 15) is 44.7 Å². The highest BCUT2D eigenvalue weighted by Crippen LogP contribution is 2.43. The van der Waals surface area contributed by atoms with Gasteiger partial charge in [-0.2, -0.15) is 26.3 Å². The zero-order valence-electron chi connectivity index (χ0n) is 23.8. The Balaban J connectivity index is 0.000000359. The van der Waals surface area contributed by atoms with Crippen LogP contribution >= 0.6 is 47.8 Å². The van der Waals surface area contributed by atoms with Crippen LogP contribution in [0.2, 0.25) is 0 Å². The third-order valence-corrected chi connectivity index (χ3v) is 8.36. The van der Waals surface area contributed by atoms with E-state index in [1.807, 2.05) is 0 Å². The summed E-state index contributed by atoms with van der Waals surface area (Å²) in [6, 6.07) is 6.58. The lowest BCUT2D eigenvalue weighted by Crippen LogP contribution is -2.46. The average molecular weight is 820 g/mol. The maximum Gasteiger partial charge on any atom is 0.408 e. The summed E-state index contributed by atoms with van der Waals surface area (Å²) >= 11 is 8.52. The Labute approximate surface area is 271 Å². The van der Waals surface area contributed by atoms with E-state index in [1.54, 1.807) is 6.92 Å². The second kappa shape index (κ2) is 18.4. The van der Waals surface area contributed by atoms with E-state index in [0.29, 0.717) is 29.8 Å². The average Bonchev–Trinajstić information content (AvgIpc) is 3.63. The van der Waals surface area contributed by atoms with E-state index in [-0.39, 0.29) is 41.1 Å². The molecule has 1 unspecified atom stereocenters. The van der Waals surface area contributed by atoms with E-state index in [1.165, 1.54) is 48.5 Å². The van der Waals surface area contributed by atoms with Crippen LogP contribution in [0.25, 0.3) is 0 Å². The van der Waals surface area contributed by atoms with Gasteiger partial charge >= 0.3 is 12.4 Å². The Morgan fingerprint density at radius 3 is 1.67 bits per heavy atom. The molecule has 0 radical (unpaired) electrons. The molecule has 242 valence electrons. The molecule has 0 saturated carbocycles. The highest BCUT2D eigenvalue weighted by atomic mass is 79.9. The van der Waals surface area contributed by atoms with Crippen molar-refractivity contribution in [2.24, 2.45) is 0 Å². The second-order valence-corrected chi connectivity index (χ2v) is 11.1. The minimum absolute atomic E-state index is 0.0162. The maximum absolute atomic E-state index is 13.0. The molecule has 0 bridgehead atoms. The first kappa shape index (κ1) is 37.6. The molecule has 4 nitrogen and oxygen atoms in total. The number of rotatable bonds is 4. The standard InChI is InChI=1S/C13H12BrF4NO.C11H11F4N.C2H2Br2O.C2H6/c14-7-12(20)19-10(5-6-11(19)13(16,17)18)8-1-3-9(15)4-2-8;12-8-3-1-7(2-4-8)9-5-6-10(16-9)11(13,14)15;3-1-2(4)5;1-2/h1-4,10-11H,5-7H2;1-4,9-10,16H,5-6H2;1H2;1-2H3/t10?,11-;9-,10+;;/m10../s1/i;;;1D. The molecule has 4 rings (SSSR count). The number of likely N-dealkylation sites (tertiary alicyclic amines) is 1. The van der Waals surface area contributed by atoms with Crippen LogP contribution in [-0.2, 0) is 9.59 Å². The summed E-state index contributed by atoms with van der Waals surface area (Å²) in [4.78, 5) is 22.4. The molecule has 1 amide bonds. The predicted molar refractivity (Wildman–Crippen MR) is 159 cm³/mol. The van der Waals surface area contributed by atoms with Crippen LogP contribution in [0, 0.1) is 11.6 Å². The fourth-order valence-electron chi connectivity index (χ4n) is 4.52. The van der Waals surface area contributed by atoms with Crippen LogP contribution in [0.3, 0.4) is 0 Å². The smallest absolute Gasteiger partial charge is 0.323 e. The van der Waals surface area contributed by atoms with Gasteiger partial charge in [-0.25, -0.2) is 8.78 Å². The molecule has 2 aromatic carbocycles. The van der Waals surface area contributed by atoms with Gasteiger partial charge in [0.15, 0.2) is 0 Å². The van der Waals surface area contributed by atoms with Crippen molar-refractivity contribution in [1.29, 1.82) is 0 Å². The van der Waals surface area contributed by atoms with Crippen LogP contribution in [0.5, 0.6) is 0 Å². The van der Waals surface area contributed by atoms with Gasteiger partial charge in [0.05, 0.1) is 16.7 Å². The molecular weight excluding hydrogens is 788 g/mol. The normalized spacial score (nSPS) is 21.8. The number of amides is 1. The third kappa shape index (κ3) is 12.7. The SMILES string of the molecule is Fc1ccc([C@@H]2CC[C@H](C(F)(F)F)N2)cc1.O=C(Br)CBr.O=C(CBr)N1C(c2ccc(F)cc2)CC[C@@H]1C(F)(F)F.[2H]CC. The first-order valence-electron chi connectivity index (χ1n) is 13.5. The molecule has 43 heavy (non-hydrogen) atoms. The van der Waals surface area contributed by atoms with Crippen molar-refractivity contribution in [3.8, 4) is 0 Å². The second-order valence-electron chi connectivity index (χ2n) is 9.07. The number of nitrogens with one attached hydrogen (secondary N) is 1. The first-order valence-corrected chi connectivity index (χ1v) is 15.8. The van der Waals surface area contributed by atoms with E-state index < -0.39 is 42.2 Å². The summed E-state index contributed by atoms with van der Waals surface area (Å²) in [5, 5.41) is 2.75. The van der Waals surface area contributed by atoms with Crippen molar-refractivity contribution in [2.45, 2.75) is 76.0 Å². The van der Waals surface area contributed by atoms with Crippen LogP contribution < -0.4 is 5.32 Å². The van der Waals surface area contributed by atoms with Gasteiger partial charge in [0.2, 0.25) is 10.6 Å². The van der Waals surface area contributed by atoms with Gasteiger partial charge in [-0.15, -0.1) is 0 Å². The molecule has 2 aromatic rings. The predicted octanol–water partition coefficient (Wildman–Crippen LogP) is 9.33. The maximum atomic E-state index is 13.0. The number of nitrogens with zero attached hydrogens (tertiary/aromatic N) is 1. The minimum atomic E-state index is -4.45. The molecular formula is C28H31Br3F8N2O2. The van der Waals surface area contributed by atoms with Gasteiger partial charge < -0.3 is 4.90 Å². The molecule has 2 fully saturated rings.